The molecule has 0 saturated heterocycles. The molecular weight excluding hydrogens is 783 g/mol. The number of thiophene rings is 1. The molecule has 63 heavy (non-hydrogen) atoms. The summed E-state index contributed by atoms with van der Waals surface area (Å²) in [5.74, 6) is 0. The summed E-state index contributed by atoms with van der Waals surface area (Å²) in [7, 11) is 0. The number of para-hydroxylation sites is 2. The van der Waals surface area contributed by atoms with Gasteiger partial charge < -0.3 is 9.32 Å². The average Bonchev–Trinajstić information content (AvgIpc) is 3.95. The Morgan fingerprint density at radius 2 is 0.762 bits per heavy atom. The van der Waals surface area contributed by atoms with Gasteiger partial charge in [-0.15, -0.1) is 11.3 Å². The van der Waals surface area contributed by atoms with Crippen LogP contribution < -0.4 is 4.90 Å². The van der Waals surface area contributed by atoms with Crippen LogP contribution in [0.3, 0.4) is 0 Å². The lowest BCUT2D eigenvalue weighted by molar-refractivity contribution is 0.670. The van der Waals surface area contributed by atoms with E-state index in [1.165, 1.54) is 64.7 Å². The molecule has 10 aromatic carbocycles. The second-order valence-electron chi connectivity index (χ2n) is 16.0. The zero-order valence-electron chi connectivity index (χ0n) is 34.3. The van der Waals surface area contributed by atoms with Gasteiger partial charge in [0.2, 0.25) is 0 Å². The highest BCUT2D eigenvalue weighted by molar-refractivity contribution is 7.27. The maximum Gasteiger partial charge on any atom is 0.143 e. The van der Waals surface area contributed by atoms with Crippen LogP contribution in [0.5, 0.6) is 0 Å². The molecule has 0 spiro atoms. The molecular formula is C60H39NOS. The van der Waals surface area contributed by atoms with Gasteiger partial charge in [-0.25, -0.2) is 0 Å². The van der Waals surface area contributed by atoms with Gasteiger partial charge in [0, 0.05) is 43.2 Å². The Hall–Kier alpha value is -7.98. The maximum atomic E-state index is 6.49. The zero-order valence-corrected chi connectivity index (χ0v) is 35.1. The smallest absolute Gasteiger partial charge is 0.143 e. The van der Waals surface area contributed by atoms with E-state index in [-0.39, 0.29) is 0 Å². The molecule has 0 amide bonds. The predicted molar refractivity (Wildman–Crippen MR) is 268 cm³/mol. The highest BCUT2D eigenvalue weighted by Gasteiger charge is 2.22. The standard InChI is InChI=1S/C60H39NOS/c1-4-16-40(17-5-1)47-22-10-11-23-48(47)43-30-34-45(35-31-43)61(46-36-32-44(33-37-46)50-25-14-26-53-52-24-12-13-29-56(52)62-58(50)53)55-28-15-27-54-57-49(41-18-6-2-7-19-41)38-39-51(60(57)63-59(54)55)42-20-8-3-9-21-42/h1-39H. The third kappa shape index (κ3) is 6.41. The lowest BCUT2D eigenvalue weighted by atomic mass is 9.94. The van der Waals surface area contributed by atoms with Crippen LogP contribution in [0.15, 0.2) is 241 Å². The van der Waals surface area contributed by atoms with Gasteiger partial charge in [0.1, 0.15) is 11.2 Å². The van der Waals surface area contributed by atoms with Crippen molar-refractivity contribution < 1.29 is 4.42 Å². The lowest BCUT2D eigenvalue weighted by Gasteiger charge is -2.26. The van der Waals surface area contributed by atoms with Crippen LogP contribution in [0.4, 0.5) is 17.1 Å². The molecule has 0 N–H and O–H groups in total. The maximum absolute atomic E-state index is 6.49. The van der Waals surface area contributed by atoms with Crippen molar-refractivity contribution in [2.45, 2.75) is 0 Å². The van der Waals surface area contributed by atoms with E-state index in [1.54, 1.807) is 0 Å². The number of nitrogens with zero attached hydrogens (tertiary/aromatic N) is 1. The third-order valence-corrected chi connectivity index (χ3v) is 13.6. The molecule has 2 aromatic heterocycles. The first-order chi connectivity index (χ1) is 31.3. The van der Waals surface area contributed by atoms with E-state index in [4.69, 9.17) is 4.42 Å². The fraction of sp³-hybridized carbons (Fsp3) is 0. The van der Waals surface area contributed by atoms with Crippen LogP contribution in [0.2, 0.25) is 0 Å². The van der Waals surface area contributed by atoms with Gasteiger partial charge in [0.05, 0.1) is 10.4 Å². The number of benzene rings is 10. The fourth-order valence-corrected chi connectivity index (χ4v) is 10.7. The Labute approximate surface area is 370 Å². The van der Waals surface area contributed by atoms with Crippen molar-refractivity contribution in [3.63, 3.8) is 0 Å². The van der Waals surface area contributed by atoms with Gasteiger partial charge in [0.25, 0.3) is 0 Å². The molecule has 0 unspecified atom stereocenters. The topological polar surface area (TPSA) is 16.4 Å². The van der Waals surface area contributed by atoms with Crippen molar-refractivity contribution >= 4 is 70.5 Å². The largest absolute Gasteiger partial charge is 0.455 e. The first kappa shape index (κ1) is 36.8. The normalized spacial score (nSPS) is 11.5. The van der Waals surface area contributed by atoms with Crippen LogP contribution in [-0.2, 0) is 0 Å². The number of hydrogen-bond donors (Lipinski definition) is 0. The van der Waals surface area contributed by atoms with Gasteiger partial charge in [-0.2, -0.15) is 0 Å². The van der Waals surface area contributed by atoms with E-state index in [0.717, 1.165) is 50.1 Å². The van der Waals surface area contributed by atoms with Crippen LogP contribution in [0, 0.1) is 0 Å². The van der Waals surface area contributed by atoms with Gasteiger partial charge in [0.15, 0.2) is 0 Å². The van der Waals surface area contributed by atoms with Crippen LogP contribution in [-0.4, -0.2) is 0 Å². The molecule has 3 heteroatoms. The van der Waals surface area contributed by atoms with E-state index in [2.05, 4.69) is 229 Å². The van der Waals surface area contributed by atoms with Crippen molar-refractivity contribution in [1.29, 1.82) is 0 Å². The van der Waals surface area contributed by atoms with Crippen molar-refractivity contribution in [1.82, 2.24) is 0 Å². The summed E-state index contributed by atoms with van der Waals surface area (Å²) in [6.45, 7) is 0. The van der Waals surface area contributed by atoms with E-state index < -0.39 is 0 Å². The summed E-state index contributed by atoms with van der Waals surface area (Å²) < 4.78 is 9.01. The molecule has 0 bridgehead atoms. The van der Waals surface area contributed by atoms with Crippen molar-refractivity contribution in [3.05, 3.63) is 237 Å². The fourth-order valence-electron chi connectivity index (χ4n) is 9.35. The second-order valence-corrected chi connectivity index (χ2v) is 17.0. The highest BCUT2D eigenvalue weighted by Crippen LogP contribution is 2.50. The molecule has 0 aliphatic carbocycles. The minimum atomic E-state index is 0.903. The Bertz CT molecular complexity index is 3590. The van der Waals surface area contributed by atoms with Gasteiger partial charge in [-0.1, -0.05) is 200 Å². The highest BCUT2D eigenvalue weighted by atomic mass is 32.1. The van der Waals surface area contributed by atoms with Crippen LogP contribution >= 0.6 is 11.3 Å². The quantitative estimate of drug-likeness (QED) is 0.152. The Morgan fingerprint density at radius 3 is 1.41 bits per heavy atom. The molecule has 12 rings (SSSR count). The number of hydrogen-bond acceptors (Lipinski definition) is 3. The Kier molecular flexibility index (Phi) is 9.06. The number of fused-ring (bicyclic) bond motifs is 6. The van der Waals surface area contributed by atoms with E-state index >= 15 is 0 Å². The summed E-state index contributed by atoms with van der Waals surface area (Å²) in [6.07, 6.45) is 0. The zero-order chi connectivity index (χ0) is 41.7. The van der Waals surface area contributed by atoms with Gasteiger partial charge >= 0.3 is 0 Å². The molecule has 0 aliphatic rings. The second kappa shape index (κ2) is 15.5. The van der Waals surface area contributed by atoms with E-state index in [1.807, 2.05) is 23.5 Å². The van der Waals surface area contributed by atoms with Gasteiger partial charge in [-0.05, 0) is 86.5 Å². The number of anilines is 3. The first-order valence-corrected chi connectivity index (χ1v) is 22.2. The number of rotatable bonds is 8. The Balaban J connectivity index is 1.05. The predicted octanol–water partition coefficient (Wildman–Crippen LogP) is 17.8. The molecule has 0 atom stereocenters. The molecule has 0 fully saturated rings. The van der Waals surface area contributed by atoms with Crippen molar-refractivity contribution in [2.24, 2.45) is 0 Å². The minimum absolute atomic E-state index is 0.903. The Morgan fingerprint density at radius 1 is 0.302 bits per heavy atom. The van der Waals surface area contributed by atoms with E-state index in [9.17, 15) is 0 Å². The SMILES string of the molecule is c1ccc(-c2ccccc2-c2ccc(N(c3ccc(-c4cccc5c4oc4ccccc45)cc3)c3cccc4c3sc3c(-c5ccccc5)ccc(-c5ccccc5)c34)cc2)cc1. The summed E-state index contributed by atoms with van der Waals surface area (Å²) >= 11 is 1.89. The third-order valence-electron chi connectivity index (χ3n) is 12.3. The summed E-state index contributed by atoms with van der Waals surface area (Å²) in [6, 6.07) is 85.2. The molecule has 0 saturated carbocycles. The number of furan rings is 1. The van der Waals surface area contributed by atoms with Crippen molar-refractivity contribution in [3.8, 4) is 55.6 Å². The van der Waals surface area contributed by atoms with E-state index in [0.29, 0.717) is 0 Å². The molecule has 0 aliphatic heterocycles. The van der Waals surface area contributed by atoms with Crippen LogP contribution in [0.1, 0.15) is 0 Å². The van der Waals surface area contributed by atoms with Crippen LogP contribution in [0.25, 0.3) is 97.7 Å². The molecule has 2 nitrogen and oxygen atoms in total. The first-order valence-electron chi connectivity index (χ1n) is 21.4. The average molecular weight is 822 g/mol. The molecule has 12 aromatic rings. The summed E-state index contributed by atoms with van der Waals surface area (Å²) in [5.41, 5.74) is 17.0. The van der Waals surface area contributed by atoms with Crippen molar-refractivity contribution in [2.75, 3.05) is 4.90 Å². The molecule has 2 heterocycles. The molecule has 296 valence electrons. The van der Waals surface area contributed by atoms with Gasteiger partial charge in [-0.3, -0.25) is 0 Å². The summed E-state index contributed by atoms with van der Waals surface area (Å²) in [4.78, 5) is 2.43. The summed E-state index contributed by atoms with van der Waals surface area (Å²) in [5, 5.41) is 4.79. The molecule has 0 radical (unpaired) electrons. The lowest BCUT2D eigenvalue weighted by Crippen LogP contribution is -2.10. The monoisotopic (exact) mass is 821 g/mol. The minimum Gasteiger partial charge on any atom is -0.455 e.